The Bertz CT molecular complexity index is 514. The third-order valence-corrected chi connectivity index (χ3v) is 5.21. The molecule has 1 nitrogen and oxygen atoms in total. The van der Waals surface area contributed by atoms with Gasteiger partial charge >= 0.3 is 0 Å². The van der Waals surface area contributed by atoms with E-state index in [1.54, 1.807) is 23.5 Å². The van der Waals surface area contributed by atoms with Crippen molar-refractivity contribution in [2.24, 2.45) is 0 Å². The molecule has 0 amide bonds. The predicted octanol–water partition coefficient (Wildman–Crippen LogP) is 5.32. The first kappa shape index (κ1) is 13.6. The molecule has 2 aromatic rings. The van der Waals surface area contributed by atoms with E-state index in [1.807, 2.05) is 19.1 Å². The largest absolute Gasteiger partial charge is 0.383 e. The van der Waals surface area contributed by atoms with Crippen molar-refractivity contribution in [2.45, 2.75) is 13.0 Å². The first-order chi connectivity index (χ1) is 7.97. The van der Waals surface area contributed by atoms with Crippen LogP contribution in [0.4, 0.5) is 0 Å². The fourth-order valence-corrected chi connectivity index (χ4v) is 3.98. The minimum Gasteiger partial charge on any atom is -0.383 e. The summed E-state index contributed by atoms with van der Waals surface area (Å²) in [7, 11) is 0. The van der Waals surface area contributed by atoms with E-state index in [0.29, 0.717) is 5.02 Å². The summed E-state index contributed by atoms with van der Waals surface area (Å²) in [5.41, 5.74) is 0.790. The summed E-state index contributed by atoms with van der Waals surface area (Å²) in [6.07, 6.45) is -0.639. The molecule has 1 unspecified atom stereocenters. The van der Waals surface area contributed by atoms with Gasteiger partial charge in [0.1, 0.15) is 6.10 Å². The Morgan fingerprint density at radius 2 is 1.94 bits per heavy atom. The van der Waals surface area contributed by atoms with Gasteiger partial charge in [-0.1, -0.05) is 27.5 Å². The number of hydrogen-bond acceptors (Lipinski definition) is 2. The van der Waals surface area contributed by atoms with Gasteiger partial charge in [0.2, 0.25) is 0 Å². The number of aliphatic hydroxyl groups excluding tert-OH is 1. The zero-order valence-corrected chi connectivity index (χ0v) is 13.6. The summed E-state index contributed by atoms with van der Waals surface area (Å²) in [5, 5.41) is 10.9. The molecule has 1 heterocycles. The van der Waals surface area contributed by atoms with Crippen molar-refractivity contribution in [3.8, 4) is 0 Å². The molecule has 0 radical (unpaired) electrons. The molecule has 2 rings (SSSR count). The summed E-state index contributed by atoms with van der Waals surface area (Å²) in [4.78, 5) is 2.06. The van der Waals surface area contributed by atoms with E-state index in [4.69, 9.17) is 11.6 Å². The van der Waals surface area contributed by atoms with Gasteiger partial charge in [0.15, 0.2) is 0 Å². The lowest BCUT2D eigenvalue weighted by atomic mass is 10.1. The highest BCUT2D eigenvalue weighted by molar-refractivity contribution is 9.10. The van der Waals surface area contributed by atoms with Crippen LogP contribution in [0.5, 0.6) is 0 Å². The second-order valence-electron chi connectivity index (χ2n) is 3.66. The smallest absolute Gasteiger partial charge is 0.113 e. The molecule has 0 bridgehead atoms. The van der Waals surface area contributed by atoms with Gasteiger partial charge in [0.25, 0.3) is 0 Å². The van der Waals surface area contributed by atoms with Crippen LogP contribution in [0.25, 0.3) is 0 Å². The SMILES string of the molecule is Cc1sc(C(O)c2cc(Cl)cc(Br)c2)cc1Br. The quantitative estimate of drug-likeness (QED) is 0.729. The summed E-state index contributed by atoms with van der Waals surface area (Å²) in [6.45, 7) is 2.01. The van der Waals surface area contributed by atoms with Crippen LogP contribution in [0.3, 0.4) is 0 Å². The summed E-state index contributed by atoms with van der Waals surface area (Å²) >= 11 is 14.4. The molecule has 1 aromatic carbocycles. The van der Waals surface area contributed by atoms with Crippen LogP contribution in [-0.2, 0) is 0 Å². The zero-order valence-electron chi connectivity index (χ0n) is 8.88. The van der Waals surface area contributed by atoms with Gasteiger partial charge in [0, 0.05) is 23.7 Å². The van der Waals surface area contributed by atoms with E-state index >= 15 is 0 Å². The molecule has 0 aliphatic carbocycles. The maximum Gasteiger partial charge on any atom is 0.113 e. The van der Waals surface area contributed by atoms with Crippen molar-refractivity contribution in [3.05, 3.63) is 53.6 Å². The van der Waals surface area contributed by atoms with Crippen LogP contribution in [-0.4, -0.2) is 5.11 Å². The second-order valence-corrected chi connectivity index (χ2v) is 7.15. The van der Waals surface area contributed by atoms with Crippen molar-refractivity contribution in [2.75, 3.05) is 0 Å². The van der Waals surface area contributed by atoms with E-state index in [2.05, 4.69) is 31.9 Å². The highest BCUT2D eigenvalue weighted by Crippen LogP contribution is 2.35. The molecule has 0 saturated carbocycles. The fourth-order valence-electron chi connectivity index (χ4n) is 1.51. The highest BCUT2D eigenvalue weighted by Gasteiger charge is 2.15. The Morgan fingerprint density at radius 1 is 1.24 bits per heavy atom. The number of thiophene rings is 1. The van der Waals surface area contributed by atoms with Crippen molar-refractivity contribution in [1.82, 2.24) is 0 Å². The maximum absolute atomic E-state index is 10.3. The molecule has 1 aromatic heterocycles. The van der Waals surface area contributed by atoms with Crippen molar-refractivity contribution >= 4 is 54.8 Å². The van der Waals surface area contributed by atoms with E-state index in [0.717, 1.165) is 24.3 Å². The molecule has 0 aliphatic rings. The molecule has 17 heavy (non-hydrogen) atoms. The predicted molar refractivity (Wildman–Crippen MR) is 80.0 cm³/mol. The zero-order chi connectivity index (χ0) is 12.6. The number of halogens is 3. The number of hydrogen-bond donors (Lipinski definition) is 1. The van der Waals surface area contributed by atoms with Gasteiger partial charge in [-0.3, -0.25) is 0 Å². The Labute approximate surface area is 126 Å². The minimum atomic E-state index is -0.639. The Kier molecular flexibility index (Phi) is 4.31. The van der Waals surface area contributed by atoms with Crippen LogP contribution < -0.4 is 0 Å². The lowest BCUT2D eigenvalue weighted by Gasteiger charge is -2.09. The third kappa shape index (κ3) is 3.12. The highest BCUT2D eigenvalue weighted by atomic mass is 79.9. The lowest BCUT2D eigenvalue weighted by Crippen LogP contribution is -1.96. The van der Waals surface area contributed by atoms with Crippen LogP contribution >= 0.6 is 54.8 Å². The van der Waals surface area contributed by atoms with Crippen LogP contribution in [0.15, 0.2) is 33.2 Å². The van der Waals surface area contributed by atoms with Gasteiger partial charge in [-0.25, -0.2) is 0 Å². The normalized spacial score (nSPS) is 12.8. The van der Waals surface area contributed by atoms with E-state index in [1.165, 1.54) is 0 Å². The van der Waals surface area contributed by atoms with Crippen LogP contribution in [0.1, 0.15) is 21.4 Å². The molecule has 1 N–H and O–H groups in total. The van der Waals surface area contributed by atoms with Gasteiger partial charge in [-0.2, -0.15) is 0 Å². The van der Waals surface area contributed by atoms with Crippen molar-refractivity contribution in [1.29, 1.82) is 0 Å². The van der Waals surface area contributed by atoms with Crippen LogP contribution in [0.2, 0.25) is 5.02 Å². The van der Waals surface area contributed by atoms with Gasteiger partial charge in [-0.05, 0) is 52.7 Å². The summed E-state index contributed by atoms with van der Waals surface area (Å²) < 4.78 is 1.89. The van der Waals surface area contributed by atoms with Crippen LogP contribution in [0, 0.1) is 6.92 Å². The monoisotopic (exact) mass is 394 g/mol. The molecular weight excluding hydrogens is 387 g/mol. The molecule has 5 heteroatoms. The number of rotatable bonds is 2. The lowest BCUT2D eigenvalue weighted by molar-refractivity contribution is 0.224. The molecule has 0 saturated heterocycles. The topological polar surface area (TPSA) is 20.2 Å². The summed E-state index contributed by atoms with van der Waals surface area (Å²) in [5.74, 6) is 0. The van der Waals surface area contributed by atoms with Crippen molar-refractivity contribution < 1.29 is 5.11 Å². The average Bonchev–Trinajstić information content (AvgIpc) is 2.57. The Morgan fingerprint density at radius 3 is 2.47 bits per heavy atom. The van der Waals surface area contributed by atoms with Gasteiger partial charge in [-0.15, -0.1) is 11.3 Å². The average molecular weight is 397 g/mol. The first-order valence-electron chi connectivity index (χ1n) is 4.87. The van der Waals surface area contributed by atoms with Gasteiger partial charge in [0.05, 0.1) is 0 Å². The number of benzene rings is 1. The Hall–Kier alpha value is 0.130. The second kappa shape index (κ2) is 5.41. The van der Waals surface area contributed by atoms with E-state index < -0.39 is 6.10 Å². The molecule has 0 fully saturated rings. The molecule has 0 aliphatic heterocycles. The maximum atomic E-state index is 10.3. The molecule has 1 atom stereocenters. The van der Waals surface area contributed by atoms with Crippen molar-refractivity contribution in [3.63, 3.8) is 0 Å². The molecule has 0 spiro atoms. The number of aryl methyl sites for hydroxylation is 1. The van der Waals surface area contributed by atoms with Gasteiger partial charge < -0.3 is 5.11 Å². The molecule has 90 valence electrons. The fraction of sp³-hybridized carbons (Fsp3) is 0.167. The summed E-state index contributed by atoms with van der Waals surface area (Å²) in [6, 6.07) is 7.40. The number of aliphatic hydroxyl groups is 1. The standard InChI is InChI=1S/C12H9Br2ClOS/c1-6-10(14)5-11(17-6)12(16)7-2-8(13)4-9(15)3-7/h2-5,12,16H,1H3. The molecular formula is C12H9Br2ClOS. The Balaban J connectivity index is 2.39. The minimum absolute atomic E-state index is 0.612. The first-order valence-corrected chi connectivity index (χ1v) is 7.65. The van der Waals surface area contributed by atoms with E-state index in [9.17, 15) is 5.11 Å². The third-order valence-electron chi connectivity index (χ3n) is 2.35. The van der Waals surface area contributed by atoms with E-state index in [-0.39, 0.29) is 0 Å².